The molecule has 0 aliphatic heterocycles. The zero-order chi connectivity index (χ0) is 30.2. The quantitative estimate of drug-likeness (QED) is 0.177. The molecule has 216 valence electrons. The monoisotopic (exact) mass is 656 g/mol. The third kappa shape index (κ3) is 4.52. The molecule has 4 aromatic heterocycles. The van der Waals surface area contributed by atoms with Gasteiger partial charge in [-0.3, -0.25) is 0 Å². The number of thiophene rings is 4. The summed E-state index contributed by atoms with van der Waals surface area (Å²) >= 11 is 7.60. The largest absolute Gasteiger partial charge is 0.134 e. The van der Waals surface area contributed by atoms with Crippen LogP contribution in [0.25, 0.3) is 92.9 Å². The molecule has 0 spiro atoms. The fourth-order valence-electron chi connectivity index (χ4n) is 6.49. The minimum atomic E-state index is 1.26. The van der Waals surface area contributed by atoms with Crippen LogP contribution in [0.3, 0.4) is 0 Å². The lowest BCUT2D eigenvalue weighted by Gasteiger charge is -2.00. The summed E-state index contributed by atoms with van der Waals surface area (Å²) in [5.41, 5.74) is 5.08. The highest BCUT2D eigenvalue weighted by Gasteiger charge is 2.13. The maximum absolute atomic E-state index is 2.39. The van der Waals surface area contributed by atoms with E-state index in [1.54, 1.807) is 0 Å². The lowest BCUT2D eigenvalue weighted by molar-refractivity contribution is 1.66. The third-order valence-electron chi connectivity index (χ3n) is 8.85. The summed E-state index contributed by atoms with van der Waals surface area (Å²) in [5, 5.41) is 7.90. The first-order valence-electron chi connectivity index (χ1n) is 15.3. The van der Waals surface area contributed by atoms with E-state index in [9.17, 15) is 0 Å². The maximum Gasteiger partial charge on any atom is 0.0455 e. The van der Waals surface area contributed by atoms with E-state index in [2.05, 4.69) is 146 Å². The van der Waals surface area contributed by atoms with Gasteiger partial charge in [-0.05, 0) is 115 Å². The fourth-order valence-corrected chi connectivity index (χ4v) is 11.0. The highest BCUT2D eigenvalue weighted by Crippen LogP contribution is 2.44. The molecular formula is C42H24S4. The first-order valence-corrected chi connectivity index (χ1v) is 18.6. The molecule has 4 heteroatoms. The van der Waals surface area contributed by atoms with Gasteiger partial charge < -0.3 is 0 Å². The van der Waals surface area contributed by atoms with Crippen LogP contribution >= 0.6 is 45.3 Å². The number of hydrogen-bond donors (Lipinski definition) is 0. The Labute approximate surface area is 282 Å². The molecule has 0 nitrogen and oxygen atoms in total. The molecule has 0 bridgehead atoms. The zero-order valence-electron chi connectivity index (χ0n) is 24.5. The molecule has 0 amide bonds. The van der Waals surface area contributed by atoms with Crippen molar-refractivity contribution in [2.45, 2.75) is 0 Å². The molecule has 10 rings (SSSR count). The summed E-state index contributed by atoms with van der Waals surface area (Å²) < 4.78 is 5.37. The van der Waals surface area contributed by atoms with Crippen molar-refractivity contribution in [2.24, 2.45) is 0 Å². The SMILES string of the molecule is c1ccc(-c2ccc3cc(-c4cc5cc6cc7sc(-c8cc9ccc(-c%10ccccc%10)cc9s8)cc7cc6cc5s4)sc3c2)cc1. The van der Waals surface area contributed by atoms with E-state index in [-0.39, 0.29) is 0 Å². The van der Waals surface area contributed by atoms with Crippen LogP contribution in [0.15, 0.2) is 146 Å². The number of fused-ring (bicyclic) bond motifs is 5. The second-order valence-electron chi connectivity index (χ2n) is 11.8. The van der Waals surface area contributed by atoms with Gasteiger partial charge in [0.25, 0.3) is 0 Å². The summed E-state index contributed by atoms with van der Waals surface area (Å²) in [6.45, 7) is 0. The molecule has 4 heterocycles. The Hall–Kier alpha value is -4.58. The fraction of sp³-hybridized carbons (Fsp3) is 0. The number of hydrogen-bond acceptors (Lipinski definition) is 4. The summed E-state index contributed by atoms with van der Waals surface area (Å²) in [4.78, 5) is 5.37. The average Bonchev–Trinajstić information content (AvgIpc) is 3.90. The summed E-state index contributed by atoms with van der Waals surface area (Å²) in [6, 6.07) is 54.0. The second-order valence-corrected chi connectivity index (χ2v) is 16.1. The van der Waals surface area contributed by atoms with Crippen molar-refractivity contribution in [3.05, 3.63) is 146 Å². The van der Waals surface area contributed by atoms with Gasteiger partial charge in [0.2, 0.25) is 0 Å². The van der Waals surface area contributed by atoms with E-state index in [0.717, 1.165) is 0 Å². The normalized spacial score (nSPS) is 11.9. The van der Waals surface area contributed by atoms with Crippen LogP contribution in [0.5, 0.6) is 0 Å². The molecule has 0 atom stereocenters. The minimum Gasteiger partial charge on any atom is -0.134 e. The van der Waals surface area contributed by atoms with Crippen LogP contribution in [0.2, 0.25) is 0 Å². The van der Waals surface area contributed by atoms with Crippen molar-refractivity contribution in [1.82, 2.24) is 0 Å². The first kappa shape index (κ1) is 26.6. The van der Waals surface area contributed by atoms with Gasteiger partial charge in [-0.25, -0.2) is 0 Å². The topological polar surface area (TPSA) is 0 Å². The molecular weight excluding hydrogens is 633 g/mol. The average molecular weight is 657 g/mol. The molecule has 0 unspecified atom stereocenters. The molecule has 6 aromatic carbocycles. The molecule has 0 aliphatic rings. The smallest absolute Gasteiger partial charge is 0.0455 e. The zero-order valence-corrected chi connectivity index (χ0v) is 27.8. The van der Waals surface area contributed by atoms with E-state index in [0.29, 0.717) is 0 Å². The summed E-state index contributed by atoms with van der Waals surface area (Å²) in [7, 11) is 0. The second kappa shape index (κ2) is 10.5. The van der Waals surface area contributed by atoms with Gasteiger partial charge in [-0.1, -0.05) is 84.9 Å². The maximum atomic E-state index is 2.39. The third-order valence-corrected chi connectivity index (χ3v) is 13.6. The molecule has 0 N–H and O–H groups in total. The van der Waals surface area contributed by atoms with Gasteiger partial charge in [0.05, 0.1) is 0 Å². The lowest BCUT2D eigenvalue weighted by Crippen LogP contribution is -1.75. The van der Waals surface area contributed by atoms with E-state index < -0.39 is 0 Å². The Kier molecular flexibility index (Phi) is 6.06. The van der Waals surface area contributed by atoms with E-state index in [1.807, 2.05) is 45.3 Å². The Morgan fingerprint density at radius 2 is 0.609 bits per heavy atom. The first-order chi connectivity index (χ1) is 22.7. The van der Waals surface area contributed by atoms with Gasteiger partial charge in [-0.15, -0.1) is 45.3 Å². The van der Waals surface area contributed by atoms with E-state index in [1.165, 1.54) is 92.9 Å². The van der Waals surface area contributed by atoms with Crippen LogP contribution in [-0.2, 0) is 0 Å². The molecule has 0 saturated heterocycles. The number of rotatable bonds is 4. The van der Waals surface area contributed by atoms with Gasteiger partial charge >= 0.3 is 0 Å². The molecule has 46 heavy (non-hydrogen) atoms. The van der Waals surface area contributed by atoms with Crippen LogP contribution in [0.4, 0.5) is 0 Å². The number of benzene rings is 6. The molecule has 10 aromatic rings. The van der Waals surface area contributed by atoms with Crippen LogP contribution in [-0.4, -0.2) is 0 Å². The van der Waals surface area contributed by atoms with Gasteiger partial charge in [0.1, 0.15) is 0 Å². The van der Waals surface area contributed by atoms with Crippen LogP contribution in [0, 0.1) is 0 Å². The van der Waals surface area contributed by atoms with Gasteiger partial charge in [0.15, 0.2) is 0 Å². The van der Waals surface area contributed by atoms with E-state index >= 15 is 0 Å². The van der Waals surface area contributed by atoms with Crippen LogP contribution in [0.1, 0.15) is 0 Å². The Morgan fingerprint density at radius 1 is 0.239 bits per heavy atom. The Bertz CT molecular complexity index is 2480. The predicted octanol–water partition coefficient (Wildman–Crippen LogP) is 14.4. The highest BCUT2D eigenvalue weighted by atomic mass is 32.1. The summed E-state index contributed by atoms with van der Waals surface area (Å²) in [5.74, 6) is 0. The lowest BCUT2D eigenvalue weighted by atomic mass is 10.0. The van der Waals surface area contributed by atoms with Gasteiger partial charge in [0, 0.05) is 38.3 Å². The van der Waals surface area contributed by atoms with Crippen molar-refractivity contribution < 1.29 is 0 Å². The molecule has 0 aliphatic carbocycles. The predicted molar refractivity (Wildman–Crippen MR) is 207 cm³/mol. The van der Waals surface area contributed by atoms with Gasteiger partial charge in [-0.2, -0.15) is 0 Å². The van der Waals surface area contributed by atoms with Crippen molar-refractivity contribution >= 4 is 96.5 Å². The summed E-state index contributed by atoms with van der Waals surface area (Å²) in [6.07, 6.45) is 0. The van der Waals surface area contributed by atoms with Crippen molar-refractivity contribution in [2.75, 3.05) is 0 Å². The Balaban J connectivity index is 0.996. The van der Waals surface area contributed by atoms with E-state index in [4.69, 9.17) is 0 Å². The minimum absolute atomic E-state index is 1.26. The Morgan fingerprint density at radius 3 is 1.02 bits per heavy atom. The molecule has 0 saturated carbocycles. The standard InChI is InChI=1S/C42H24S4/c1-3-7-25(8-4-1)27-11-13-29-19-39(43-35(29)17-27)41-23-33-15-31-22-38-34(16-32(31)21-37(33)45-41)24-42(46-38)40-20-30-14-12-28(18-36(30)44-40)26-9-5-2-6-10-26/h1-24H. The van der Waals surface area contributed by atoms with Crippen molar-refractivity contribution in [3.63, 3.8) is 0 Å². The molecule has 0 radical (unpaired) electrons. The molecule has 0 fully saturated rings. The van der Waals surface area contributed by atoms with Crippen molar-refractivity contribution in [1.29, 1.82) is 0 Å². The van der Waals surface area contributed by atoms with Crippen LogP contribution < -0.4 is 0 Å². The highest BCUT2D eigenvalue weighted by molar-refractivity contribution is 7.29. The van der Waals surface area contributed by atoms with Crippen molar-refractivity contribution in [3.8, 4) is 41.8 Å².